The minimum absolute atomic E-state index is 0.658. The van der Waals surface area contributed by atoms with E-state index >= 15 is 0 Å². The van der Waals surface area contributed by atoms with Crippen molar-refractivity contribution in [3.8, 4) is 45.3 Å². The summed E-state index contributed by atoms with van der Waals surface area (Å²) in [6.07, 6.45) is 3.64. The Labute approximate surface area is 187 Å². The Bertz CT molecular complexity index is 1310. The van der Waals surface area contributed by atoms with Crippen LogP contribution >= 0.6 is 0 Å². The van der Waals surface area contributed by atoms with Gasteiger partial charge in [0.2, 0.25) is 0 Å². The van der Waals surface area contributed by atoms with E-state index < -0.39 is 0 Å². The molecule has 0 aliphatic heterocycles. The lowest BCUT2D eigenvalue weighted by Crippen LogP contribution is -2.00. The smallest absolute Gasteiger partial charge is 0.164 e. The third-order valence-electron chi connectivity index (χ3n) is 5.33. The molecule has 0 spiro atoms. The number of aryl methyl sites for hydroxylation is 2. The zero-order valence-electron chi connectivity index (χ0n) is 18.0. The van der Waals surface area contributed by atoms with Crippen LogP contribution in [0.15, 0.2) is 97.3 Å². The Morgan fingerprint density at radius 3 is 1.47 bits per heavy atom. The van der Waals surface area contributed by atoms with Gasteiger partial charge in [0.25, 0.3) is 0 Å². The second-order valence-corrected chi connectivity index (χ2v) is 7.86. The van der Waals surface area contributed by atoms with E-state index in [9.17, 15) is 0 Å². The molecule has 0 aliphatic carbocycles. The lowest BCUT2D eigenvalue weighted by atomic mass is 10.1. The van der Waals surface area contributed by atoms with E-state index in [1.165, 1.54) is 11.1 Å². The van der Waals surface area contributed by atoms with Gasteiger partial charge in [0.1, 0.15) is 0 Å². The van der Waals surface area contributed by atoms with Gasteiger partial charge in [0, 0.05) is 29.1 Å². The van der Waals surface area contributed by atoms with Gasteiger partial charge in [-0.2, -0.15) is 0 Å². The number of nitrogens with zero attached hydrogens (tertiary/aromatic N) is 4. The first-order chi connectivity index (χ1) is 15.7. The second kappa shape index (κ2) is 8.52. The molecule has 2 aromatic heterocycles. The molecular formula is C28H22N4. The Hall–Kier alpha value is -4.18. The summed E-state index contributed by atoms with van der Waals surface area (Å²) in [6.45, 7) is 4.15. The fraction of sp³-hybridized carbons (Fsp3) is 0.0714. The van der Waals surface area contributed by atoms with Crippen molar-refractivity contribution >= 4 is 0 Å². The number of rotatable bonds is 4. The lowest BCUT2D eigenvalue weighted by Gasteiger charge is -2.10. The Morgan fingerprint density at radius 2 is 0.969 bits per heavy atom. The largest absolute Gasteiger partial charge is 0.264 e. The fourth-order valence-corrected chi connectivity index (χ4v) is 3.68. The van der Waals surface area contributed by atoms with Crippen molar-refractivity contribution in [2.24, 2.45) is 0 Å². The van der Waals surface area contributed by atoms with Crippen LogP contribution < -0.4 is 0 Å². The average molecular weight is 415 g/mol. The summed E-state index contributed by atoms with van der Waals surface area (Å²) in [7, 11) is 0. The standard InChI is InChI=1S/C28H22N4/c1-19-6-3-8-23(16-19)27-30-26(31-28(32-27)24-9-4-7-20(2)17-24)22-13-11-21(12-14-22)25-10-5-15-29-18-25/h3-18H,1-2H3. The average Bonchev–Trinajstić information content (AvgIpc) is 2.84. The van der Waals surface area contributed by atoms with E-state index in [1.807, 2.05) is 36.5 Å². The molecular weight excluding hydrogens is 392 g/mol. The van der Waals surface area contributed by atoms with Crippen LogP contribution in [-0.2, 0) is 0 Å². The summed E-state index contributed by atoms with van der Waals surface area (Å²) in [6, 6.07) is 28.7. The Kier molecular flexibility index (Phi) is 5.26. The third kappa shape index (κ3) is 4.16. The lowest BCUT2D eigenvalue weighted by molar-refractivity contribution is 1.07. The van der Waals surface area contributed by atoms with Crippen LogP contribution in [0.1, 0.15) is 11.1 Å². The van der Waals surface area contributed by atoms with Crippen molar-refractivity contribution in [1.82, 2.24) is 19.9 Å². The van der Waals surface area contributed by atoms with Crippen molar-refractivity contribution in [2.75, 3.05) is 0 Å². The highest BCUT2D eigenvalue weighted by molar-refractivity contribution is 5.70. The topological polar surface area (TPSA) is 51.6 Å². The third-order valence-corrected chi connectivity index (χ3v) is 5.33. The molecule has 5 aromatic rings. The van der Waals surface area contributed by atoms with Crippen LogP contribution in [0, 0.1) is 13.8 Å². The minimum Gasteiger partial charge on any atom is -0.264 e. The van der Waals surface area contributed by atoms with Gasteiger partial charge >= 0.3 is 0 Å². The minimum atomic E-state index is 0.658. The first-order valence-electron chi connectivity index (χ1n) is 10.6. The molecule has 0 amide bonds. The molecule has 154 valence electrons. The molecule has 0 atom stereocenters. The van der Waals surface area contributed by atoms with Gasteiger partial charge in [-0.05, 0) is 43.2 Å². The van der Waals surface area contributed by atoms with Crippen molar-refractivity contribution in [2.45, 2.75) is 13.8 Å². The molecule has 0 aliphatic rings. The van der Waals surface area contributed by atoms with Crippen molar-refractivity contribution < 1.29 is 0 Å². The normalized spacial score (nSPS) is 10.8. The molecule has 5 rings (SSSR count). The van der Waals surface area contributed by atoms with E-state index in [0.29, 0.717) is 17.5 Å². The van der Waals surface area contributed by atoms with Crippen LogP contribution in [0.4, 0.5) is 0 Å². The molecule has 0 saturated carbocycles. The predicted molar refractivity (Wildman–Crippen MR) is 129 cm³/mol. The number of hydrogen-bond donors (Lipinski definition) is 0. The molecule has 0 bridgehead atoms. The van der Waals surface area contributed by atoms with Gasteiger partial charge in [0.15, 0.2) is 17.5 Å². The number of aromatic nitrogens is 4. The molecule has 0 N–H and O–H groups in total. The molecule has 0 saturated heterocycles. The highest BCUT2D eigenvalue weighted by Crippen LogP contribution is 2.27. The number of hydrogen-bond acceptors (Lipinski definition) is 4. The van der Waals surface area contributed by atoms with Gasteiger partial charge in [-0.3, -0.25) is 4.98 Å². The van der Waals surface area contributed by atoms with E-state index in [1.54, 1.807) is 6.20 Å². The summed E-state index contributed by atoms with van der Waals surface area (Å²) in [4.78, 5) is 18.7. The summed E-state index contributed by atoms with van der Waals surface area (Å²) in [5.74, 6) is 2.00. The number of benzene rings is 3. The second-order valence-electron chi connectivity index (χ2n) is 7.86. The molecule has 0 fully saturated rings. The molecule has 32 heavy (non-hydrogen) atoms. The zero-order valence-corrected chi connectivity index (χ0v) is 18.0. The first kappa shape index (κ1) is 19.8. The summed E-state index contributed by atoms with van der Waals surface area (Å²) in [5.41, 5.74) is 7.43. The quantitative estimate of drug-likeness (QED) is 0.334. The summed E-state index contributed by atoms with van der Waals surface area (Å²) >= 11 is 0. The van der Waals surface area contributed by atoms with Crippen molar-refractivity contribution in [1.29, 1.82) is 0 Å². The van der Waals surface area contributed by atoms with Gasteiger partial charge in [-0.25, -0.2) is 15.0 Å². The Morgan fingerprint density at radius 1 is 0.469 bits per heavy atom. The molecule has 4 heteroatoms. The molecule has 0 radical (unpaired) electrons. The van der Waals surface area contributed by atoms with Gasteiger partial charge in [0.05, 0.1) is 0 Å². The van der Waals surface area contributed by atoms with E-state index in [0.717, 1.165) is 27.8 Å². The van der Waals surface area contributed by atoms with Crippen LogP contribution in [-0.4, -0.2) is 19.9 Å². The molecule has 3 aromatic carbocycles. The predicted octanol–water partition coefficient (Wildman–Crippen LogP) is 6.55. The maximum absolute atomic E-state index is 4.83. The molecule has 4 nitrogen and oxygen atoms in total. The zero-order chi connectivity index (χ0) is 21.9. The highest BCUT2D eigenvalue weighted by atomic mass is 15.0. The van der Waals surface area contributed by atoms with Gasteiger partial charge in [-0.15, -0.1) is 0 Å². The summed E-state index contributed by atoms with van der Waals surface area (Å²) in [5, 5.41) is 0. The van der Waals surface area contributed by atoms with Gasteiger partial charge < -0.3 is 0 Å². The van der Waals surface area contributed by atoms with Crippen LogP contribution in [0.3, 0.4) is 0 Å². The van der Waals surface area contributed by atoms with Crippen LogP contribution in [0.5, 0.6) is 0 Å². The maximum atomic E-state index is 4.83. The first-order valence-corrected chi connectivity index (χ1v) is 10.6. The van der Waals surface area contributed by atoms with E-state index in [-0.39, 0.29) is 0 Å². The van der Waals surface area contributed by atoms with E-state index in [2.05, 4.69) is 73.4 Å². The van der Waals surface area contributed by atoms with Crippen molar-refractivity contribution in [3.05, 3.63) is 108 Å². The highest BCUT2D eigenvalue weighted by Gasteiger charge is 2.12. The molecule has 2 heterocycles. The summed E-state index contributed by atoms with van der Waals surface area (Å²) < 4.78 is 0. The fourth-order valence-electron chi connectivity index (χ4n) is 3.68. The van der Waals surface area contributed by atoms with Crippen LogP contribution in [0.2, 0.25) is 0 Å². The van der Waals surface area contributed by atoms with Crippen LogP contribution in [0.25, 0.3) is 45.3 Å². The SMILES string of the molecule is Cc1cccc(-c2nc(-c3ccc(-c4cccnc4)cc3)nc(-c3cccc(C)c3)n2)c1. The monoisotopic (exact) mass is 414 g/mol. The number of pyridine rings is 1. The Balaban J connectivity index is 1.62. The molecule has 0 unspecified atom stereocenters. The van der Waals surface area contributed by atoms with Crippen molar-refractivity contribution in [3.63, 3.8) is 0 Å². The van der Waals surface area contributed by atoms with E-state index in [4.69, 9.17) is 15.0 Å². The van der Waals surface area contributed by atoms with Gasteiger partial charge in [-0.1, -0.05) is 77.9 Å². The maximum Gasteiger partial charge on any atom is 0.164 e.